The van der Waals surface area contributed by atoms with Gasteiger partial charge in [-0.25, -0.2) is 14.4 Å². The van der Waals surface area contributed by atoms with Crippen molar-refractivity contribution >= 4 is 5.95 Å². The van der Waals surface area contributed by atoms with Crippen LogP contribution in [0.3, 0.4) is 0 Å². The number of rotatable bonds is 6. The molecule has 10 heteroatoms. The van der Waals surface area contributed by atoms with E-state index in [9.17, 15) is 5.11 Å². The summed E-state index contributed by atoms with van der Waals surface area (Å²) in [5, 5.41) is 32.0. The Bertz CT molecular complexity index is 1320. The van der Waals surface area contributed by atoms with Gasteiger partial charge in [0.25, 0.3) is 0 Å². The third-order valence-electron chi connectivity index (χ3n) is 7.42. The van der Waals surface area contributed by atoms with E-state index in [1.165, 1.54) is 7.11 Å². The van der Waals surface area contributed by atoms with Gasteiger partial charge in [0.2, 0.25) is 5.95 Å². The number of aromatic hydroxyl groups is 1. The summed E-state index contributed by atoms with van der Waals surface area (Å²) < 4.78 is 20.5. The predicted molar refractivity (Wildman–Crippen MR) is 130 cm³/mol. The van der Waals surface area contributed by atoms with E-state index < -0.39 is 6.17 Å². The van der Waals surface area contributed by atoms with E-state index in [-0.39, 0.29) is 29.6 Å². The van der Waals surface area contributed by atoms with E-state index >= 15 is 4.39 Å². The average molecular weight is 488 g/mol. The van der Waals surface area contributed by atoms with Gasteiger partial charge in [0.15, 0.2) is 11.4 Å². The number of phenolic OH excluding ortho intramolecular Hbond substituents is 1. The molecule has 1 aliphatic carbocycles. The highest BCUT2D eigenvalue weighted by atomic mass is 19.1. The van der Waals surface area contributed by atoms with Crippen LogP contribution in [-0.2, 0) is 0 Å². The molecule has 9 nitrogen and oxygen atoms in total. The van der Waals surface area contributed by atoms with Gasteiger partial charge in [0, 0.05) is 35.4 Å². The maximum Gasteiger partial charge on any atom is 0.245 e. The van der Waals surface area contributed by atoms with Crippen molar-refractivity contribution in [2.45, 2.75) is 62.4 Å². The smallest absolute Gasteiger partial charge is 0.245 e. The summed E-state index contributed by atoms with van der Waals surface area (Å²) in [5.74, 6) is 0.821. The van der Waals surface area contributed by atoms with E-state index in [0.717, 1.165) is 32.1 Å². The molecule has 2 saturated heterocycles. The molecule has 2 bridgehead atoms. The maximum absolute atomic E-state index is 15.3. The van der Waals surface area contributed by atoms with Crippen molar-refractivity contribution in [3.05, 3.63) is 42.4 Å². The topological polar surface area (TPSA) is 120 Å². The minimum absolute atomic E-state index is 0.0116. The fourth-order valence-electron chi connectivity index (χ4n) is 5.46. The Kier molecular flexibility index (Phi) is 5.64. The summed E-state index contributed by atoms with van der Waals surface area (Å²) in [5.41, 5.74) is 2.51. The first kappa shape index (κ1) is 22.6. The summed E-state index contributed by atoms with van der Waals surface area (Å²) >= 11 is 0. The van der Waals surface area contributed by atoms with Crippen LogP contribution in [0.5, 0.6) is 11.5 Å². The van der Waals surface area contributed by atoms with E-state index in [1.54, 1.807) is 30.6 Å². The standard InChI is InChI=1S/C26H26FN7O2/c1-36-24-9-15(12-29-20(24)11-28)14-2-6-18(23(35)8-14)21-13-30-26(33-32-21)34(17-4-5-17)22-10-16-3-7-19(31-16)25(22)27/h2,6,8-9,12-13,16-17,19,22,25,31,35H,3-5,7,10H2,1H3/t16-,19-,22-,25+/m0/s1. The number of piperidine rings is 1. The van der Waals surface area contributed by atoms with Gasteiger partial charge in [-0.05, 0) is 55.9 Å². The normalized spacial score (nSPS) is 24.8. The van der Waals surface area contributed by atoms with Crippen LogP contribution in [0.4, 0.5) is 10.3 Å². The Hall–Kier alpha value is -3.84. The van der Waals surface area contributed by atoms with Crippen LogP contribution in [-0.4, -0.2) is 62.7 Å². The molecule has 4 atom stereocenters. The molecule has 3 aliphatic rings. The molecule has 0 spiro atoms. The second-order valence-electron chi connectivity index (χ2n) is 9.70. The van der Waals surface area contributed by atoms with Gasteiger partial charge in [-0.15, -0.1) is 10.2 Å². The van der Waals surface area contributed by atoms with Crippen molar-refractivity contribution in [2.75, 3.05) is 12.0 Å². The molecule has 2 N–H and O–H groups in total. The fraction of sp³-hybridized carbons (Fsp3) is 0.423. The van der Waals surface area contributed by atoms with Gasteiger partial charge in [-0.1, -0.05) is 6.07 Å². The Morgan fingerprint density at radius 3 is 2.67 bits per heavy atom. The van der Waals surface area contributed by atoms with Crippen LogP contribution in [0.15, 0.2) is 36.7 Å². The number of alkyl halides is 1. The zero-order valence-corrected chi connectivity index (χ0v) is 19.8. The highest BCUT2D eigenvalue weighted by molar-refractivity contribution is 5.74. The number of hydrogen-bond donors (Lipinski definition) is 2. The van der Waals surface area contributed by atoms with Crippen LogP contribution in [0.1, 0.15) is 37.8 Å². The number of pyridine rings is 1. The molecule has 1 saturated carbocycles. The molecular weight excluding hydrogens is 461 g/mol. The van der Waals surface area contributed by atoms with Gasteiger partial charge in [0.1, 0.15) is 23.7 Å². The van der Waals surface area contributed by atoms with Crippen molar-refractivity contribution in [2.24, 2.45) is 0 Å². The zero-order chi connectivity index (χ0) is 24.8. The lowest BCUT2D eigenvalue weighted by atomic mass is 9.96. The molecule has 2 aromatic heterocycles. The molecule has 1 aromatic carbocycles. The molecule has 3 aromatic rings. The lowest BCUT2D eigenvalue weighted by Gasteiger charge is -2.40. The Morgan fingerprint density at radius 1 is 1.11 bits per heavy atom. The average Bonchev–Trinajstić information content (AvgIpc) is 3.66. The lowest BCUT2D eigenvalue weighted by Crippen LogP contribution is -2.57. The third kappa shape index (κ3) is 3.99. The number of nitrogens with zero attached hydrogens (tertiary/aromatic N) is 6. The minimum atomic E-state index is -0.959. The van der Waals surface area contributed by atoms with Crippen LogP contribution in [0.2, 0.25) is 0 Å². The first-order chi connectivity index (χ1) is 17.6. The van der Waals surface area contributed by atoms with Crippen LogP contribution in [0, 0.1) is 11.3 Å². The maximum atomic E-state index is 15.3. The molecular formula is C26H26FN7O2. The second kappa shape index (κ2) is 8.99. The molecule has 6 rings (SSSR count). The Labute approximate surface area is 208 Å². The molecule has 0 unspecified atom stereocenters. The third-order valence-corrected chi connectivity index (χ3v) is 7.42. The molecule has 4 heterocycles. The number of aromatic nitrogens is 4. The van der Waals surface area contributed by atoms with Crippen molar-refractivity contribution in [1.29, 1.82) is 5.26 Å². The molecule has 0 amide bonds. The summed E-state index contributed by atoms with van der Waals surface area (Å²) in [6.07, 6.45) is 6.84. The van der Waals surface area contributed by atoms with E-state index in [0.29, 0.717) is 40.1 Å². The van der Waals surface area contributed by atoms with E-state index in [2.05, 4.69) is 25.5 Å². The van der Waals surface area contributed by atoms with Crippen molar-refractivity contribution < 1.29 is 14.2 Å². The molecule has 184 valence electrons. The molecule has 2 aliphatic heterocycles. The SMILES string of the molecule is COc1cc(-c2ccc(-c3cnc(N(C4CC4)[C@H]4C[C@@H]5CC[C@H](N5)[C@H]4F)nn3)c(O)c2)cnc1C#N. The highest BCUT2D eigenvalue weighted by Crippen LogP contribution is 2.40. The van der Waals surface area contributed by atoms with Crippen molar-refractivity contribution in [1.82, 2.24) is 25.5 Å². The first-order valence-corrected chi connectivity index (χ1v) is 12.2. The number of hydrogen-bond acceptors (Lipinski definition) is 9. The lowest BCUT2D eigenvalue weighted by molar-refractivity contribution is 0.171. The number of benzene rings is 1. The number of phenols is 1. The zero-order valence-electron chi connectivity index (χ0n) is 19.8. The number of ether oxygens (including phenoxy) is 1. The largest absolute Gasteiger partial charge is 0.507 e. The Balaban J connectivity index is 1.25. The number of halogens is 1. The van der Waals surface area contributed by atoms with Gasteiger partial charge in [0.05, 0.1) is 19.3 Å². The summed E-state index contributed by atoms with van der Waals surface area (Å²) in [7, 11) is 1.48. The number of nitriles is 1. The summed E-state index contributed by atoms with van der Waals surface area (Å²) in [4.78, 5) is 10.7. The number of nitrogens with one attached hydrogen (secondary N) is 1. The van der Waals surface area contributed by atoms with Crippen LogP contribution < -0.4 is 15.0 Å². The number of anilines is 1. The first-order valence-electron chi connectivity index (χ1n) is 12.2. The van der Waals surface area contributed by atoms with Crippen LogP contribution >= 0.6 is 0 Å². The summed E-state index contributed by atoms with van der Waals surface area (Å²) in [6.45, 7) is 0. The fourth-order valence-corrected chi connectivity index (χ4v) is 5.46. The predicted octanol–water partition coefficient (Wildman–Crippen LogP) is 3.39. The van der Waals surface area contributed by atoms with Gasteiger partial charge in [-0.3, -0.25) is 0 Å². The Morgan fingerprint density at radius 2 is 1.97 bits per heavy atom. The van der Waals surface area contributed by atoms with E-state index in [1.807, 2.05) is 17.0 Å². The second-order valence-corrected chi connectivity index (χ2v) is 9.70. The minimum Gasteiger partial charge on any atom is -0.507 e. The van der Waals surface area contributed by atoms with Gasteiger partial charge in [-0.2, -0.15) is 5.26 Å². The van der Waals surface area contributed by atoms with Gasteiger partial charge < -0.3 is 20.1 Å². The van der Waals surface area contributed by atoms with E-state index in [4.69, 9.17) is 10.00 Å². The quantitative estimate of drug-likeness (QED) is 0.539. The van der Waals surface area contributed by atoms with Crippen LogP contribution in [0.25, 0.3) is 22.4 Å². The monoisotopic (exact) mass is 487 g/mol. The molecule has 36 heavy (non-hydrogen) atoms. The highest BCUT2D eigenvalue weighted by Gasteiger charge is 2.48. The summed E-state index contributed by atoms with van der Waals surface area (Å²) in [6, 6.07) is 9.12. The number of methoxy groups -OCH3 is 1. The molecule has 3 fully saturated rings. The molecule has 0 radical (unpaired) electrons. The van der Waals surface area contributed by atoms with Crippen molar-refractivity contribution in [3.8, 4) is 40.0 Å². The van der Waals surface area contributed by atoms with Gasteiger partial charge >= 0.3 is 0 Å². The van der Waals surface area contributed by atoms with Crippen molar-refractivity contribution in [3.63, 3.8) is 0 Å². The number of fused-ring (bicyclic) bond motifs is 2.